The Hall–Kier alpha value is -4.75. The lowest BCUT2D eigenvalue weighted by Crippen LogP contribution is -2.24. The predicted molar refractivity (Wildman–Crippen MR) is 188 cm³/mol. The average Bonchev–Trinajstić information content (AvgIpc) is 3.45. The highest BCUT2D eigenvalue weighted by molar-refractivity contribution is 7.85. The lowest BCUT2D eigenvalue weighted by atomic mass is 9.89. The Morgan fingerprint density at radius 3 is 1.74 bits per heavy atom. The molecule has 1 nitrogen and oxygen atoms in total. The van der Waals surface area contributed by atoms with Gasteiger partial charge in [-0.15, -0.1) is 11.3 Å². The van der Waals surface area contributed by atoms with Crippen LogP contribution in [0.3, 0.4) is 0 Å². The van der Waals surface area contributed by atoms with E-state index in [2.05, 4.69) is 91.0 Å². The van der Waals surface area contributed by atoms with E-state index in [1.807, 2.05) is 60.7 Å². The van der Waals surface area contributed by atoms with Crippen LogP contribution >= 0.6 is 18.5 Å². The number of thiophene rings is 1. The van der Waals surface area contributed by atoms with E-state index >= 15 is 4.57 Å². The van der Waals surface area contributed by atoms with Crippen molar-refractivity contribution in [3.8, 4) is 11.1 Å². The van der Waals surface area contributed by atoms with Crippen LogP contribution < -0.4 is 15.9 Å². The van der Waals surface area contributed by atoms with Gasteiger partial charge in [-0.3, -0.25) is 0 Å². The molecule has 0 aliphatic rings. The van der Waals surface area contributed by atoms with Crippen molar-refractivity contribution in [1.82, 2.24) is 0 Å². The molecule has 0 aliphatic carbocycles. The molecule has 0 fully saturated rings. The number of hydrogen-bond acceptors (Lipinski definition) is 2. The summed E-state index contributed by atoms with van der Waals surface area (Å²) < 4.78 is 17.6. The van der Waals surface area contributed by atoms with Crippen molar-refractivity contribution >= 4 is 86.9 Å². The molecule has 3 heteroatoms. The molecule has 0 bridgehead atoms. The summed E-state index contributed by atoms with van der Waals surface area (Å²) in [6, 6.07) is 53.2. The first-order valence-corrected chi connectivity index (χ1v) is 17.1. The van der Waals surface area contributed by atoms with Crippen molar-refractivity contribution in [2.75, 3.05) is 0 Å². The summed E-state index contributed by atoms with van der Waals surface area (Å²) in [5.74, 6) is 0. The first kappa shape index (κ1) is 24.8. The third kappa shape index (κ3) is 3.67. The first-order valence-electron chi connectivity index (χ1n) is 14.5. The van der Waals surface area contributed by atoms with E-state index in [4.69, 9.17) is 0 Å². The Kier molecular flexibility index (Phi) is 5.41. The number of fused-ring (bicyclic) bond motifs is 3. The number of benzene rings is 8. The van der Waals surface area contributed by atoms with Gasteiger partial charge >= 0.3 is 0 Å². The topological polar surface area (TPSA) is 17.1 Å². The van der Waals surface area contributed by atoms with Gasteiger partial charge < -0.3 is 4.57 Å². The maximum atomic E-state index is 15.1. The van der Waals surface area contributed by atoms with Crippen LogP contribution in [-0.4, -0.2) is 0 Å². The summed E-state index contributed by atoms with van der Waals surface area (Å²) >= 11 is 1.80. The zero-order valence-electron chi connectivity index (χ0n) is 23.2. The number of rotatable bonds is 4. The standard InChI is InChI=1S/C40H25OPS/c41-42(30-12-3-1-4-13-30,31-14-5-2-6-15-31)32-20-22-38-36(25-32)35-23-28(19-21-37(35)43-38)34-24-29-11-7-9-26-17-18-27-10-8-16-33(34)40(27)39(26)29/h1-25H. The first-order chi connectivity index (χ1) is 21.2. The fourth-order valence-electron chi connectivity index (χ4n) is 6.85. The second-order valence-corrected chi connectivity index (χ2v) is 15.1. The van der Waals surface area contributed by atoms with Crippen LogP contribution in [0.5, 0.6) is 0 Å². The Morgan fingerprint density at radius 1 is 0.419 bits per heavy atom. The molecule has 0 aliphatic heterocycles. The molecule has 8 aromatic carbocycles. The highest BCUT2D eigenvalue weighted by Crippen LogP contribution is 2.46. The average molecular weight is 585 g/mol. The second kappa shape index (κ2) is 9.38. The molecule has 43 heavy (non-hydrogen) atoms. The van der Waals surface area contributed by atoms with Crippen LogP contribution in [0.2, 0.25) is 0 Å². The van der Waals surface area contributed by atoms with Crippen LogP contribution in [0.4, 0.5) is 0 Å². The molecule has 0 radical (unpaired) electrons. The monoisotopic (exact) mass is 584 g/mol. The van der Waals surface area contributed by atoms with Gasteiger partial charge in [0.05, 0.1) is 0 Å². The van der Waals surface area contributed by atoms with Gasteiger partial charge in [0.25, 0.3) is 0 Å². The normalized spacial score (nSPS) is 12.3. The molecular formula is C40H25OPS. The summed E-state index contributed by atoms with van der Waals surface area (Å²) in [5, 5.41) is 12.7. The second-order valence-electron chi connectivity index (χ2n) is 11.2. The van der Waals surface area contributed by atoms with Gasteiger partial charge in [-0.25, -0.2) is 0 Å². The van der Waals surface area contributed by atoms with Crippen molar-refractivity contribution in [3.63, 3.8) is 0 Å². The molecule has 0 spiro atoms. The van der Waals surface area contributed by atoms with Gasteiger partial charge in [0.15, 0.2) is 7.14 Å². The van der Waals surface area contributed by atoms with E-state index in [0.29, 0.717) is 0 Å². The quantitative estimate of drug-likeness (QED) is 0.149. The lowest BCUT2D eigenvalue weighted by Gasteiger charge is -2.20. The minimum atomic E-state index is -3.07. The van der Waals surface area contributed by atoms with Crippen LogP contribution in [0.25, 0.3) is 63.6 Å². The molecule has 0 unspecified atom stereocenters. The molecular weight excluding hydrogens is 559 g/mol. The van der Waals surface area contributed by atoms with Crippen LogP contribution in [-0.2, 0) is 4.57 Å². The summed E-state index contributed by atoms with van der Waals surface area (Å²) in [5.41, 5.74) is 2.44. The summed E-state index contributed by atoms with van der Waals surface area (Å²) in [6.07, 6.45) is 0. The van der Waals surface area contributed by atoms with Crippen LogP contribution in [0, 0.1) is 0 Å². The van der Waals surface area contributed by atoms with E-state index in [1.54, 1.807) is 11.3 Å². The van der Waals surface area contributed by atoms with Crippen molar-refractivity contribution in [1.29, 1.82) is 0 Å². The zero-order valence-corrected chi connectivity index (χ0v) is 24.9. The Morgan fingerprint density at radius 2 is 1.02 bits per heavy atom. The van der Waals surface area contributed by atoms with Crippen LogP contribution in [0.15, 0.2) is 152 Å². The summed E-state index contributed by atoms with van der Waals surface area (Å²) in [4.78, 5) is 0. The molecule has 9 aromatic rings. The SMILES string of the molecule is O=P(c1ccccc1)(c1ccccc1)c1ccc2sc3ccc(-c4cc5cccc6ccc7cccc4c7c65)cc3c2c1. The van der Waals surface area contributed by atoms with Crippen molar-refractivity contribution in [2.45, 2.75) is 0 Å². The molecule has 0 N–H and O–H groups in total. The largest absolute Gasteiger partial charge is 0.309 e. The van der Waals surface area contributed by atoms with Crippen molar-refractivity contribution in [2.24, 2.45) is 0 Å². The summed E-state index contributed by atoms with van der Waals surface area (Å²) in [6.45, 7) is 0. The Balaban J connectivity index is 1.29. The van der Waals surface area contributed by atoms with Gasteiger partial charge in [0.2, 0.25) is 0 Å². The highest BCUT2D eigenvalue weighted by atomic mass is 32.1. The fraction of sp³-hybridized carbons (Fsp3) is 0. The van der Waals surface area contributed by atoms with E-state index in [-0.39, 0.29) is 0 Å². The van der Waals surface area contributed by atoms with Gasteiger partial charge in [-0.05, 0) is 79.8 Å². The minimum absolute atomic E-state index is 0.856. The molecule has 0 atom stereocenters. The molecule has 0 saturated carbocycles. The molecule has 9 rings (SSSR count). The van der Waals surface area contributed by atoms with Crippen molar-refractivity contribution < 1.29 is 4.57 Å². The third-order valence-corrected chi connectivity index (χ3v) is 13.1. The predicted octanol–water partition coefficient (Wildman–Crippen LogP) is 10.3. The molecule has 0 saturated heterocycles. The lowest BCUT2D eigenvalue weighted by molar-refractivity contribution is 0.592. The van der Waals surface area contributed by atoms with E-state index in [0.717, 1.165) is 21.3 Å². The minimum Gasteiger partial charge on any atom is -0.309 e. The van der Waals surface area contributed by atoms with Gasteiger partial charge in [0.1, 0.15) is 0 Å². The zero-order chi connectivity index (χ0) is 28.5. The molecule has 1 heterocycles. The van der Waals surface area contributed by atoms with E-state index in [1.165, 1.54) is 58.2 Å². The van der Waals surface area contributed by atoms with E-state index < -0.39 is 7.14 Å². The summed E-state index contributed by atoms with van der Waals surface area (Å²) in [7, 11) is -3.07. The molecule has 1 aromatic heterocycles. The fourth-order valence-corrected chi connectivity index (χ4v) is 10.6. The Labute approximate surface area is 253 Å². The van der Waals surface area contributed by atoms with E-state index in [9.17, 15) is 0 Å². The Bertz CT molecular complexity index is 2490. The van der Waals surface area contributed by atoms with Gasteiger partial charge in [-0.2, -0.15) is 0 Å². The molecule has 202 valence electrons. The highest BCUT2D eigenvalue weighted by Gasteiger charge is 2.30. The maximum absolute atomic E-state index is 15.1. The van der Waals surface area contributed by atoms with Gasteiger partial charge in [-0.1, -0.05) is 115 Å². The van der Waals surface area contributed by atoms with Crippen molar-refractivity contribution in [3.05, 3.63) is 152 Å². The van der Waals surface area contributed by atoms with Gasteiger partial charge in [0, 0.05) is 36.1 Å². The smallest absolute Gasteiger partial charge is 0.171 e. The third-order valence-electron chi connectivity index (χ3n) is 8.88. The maximum Gasteiger partial charge on any atom is 0.171 e. The molecule has 0 amide bonds. The number of hydrogen-bond donors (Lipinski definition) is 0. The van der Waals surface area contributed by atoms with Crippen LogP contribution in [0.1, 0.15) is 0 Å².